The summed E-state index contributed by atoms with van der Waals surface area (Å²) >= 11 is 0. The average molecular weight is 315 g/mol. The minimum Gasteiger partial charge on any atom is -0.265 e. The summed E-state index contributed by atoms with van der Waals surface area (Å²) in [6, 6.07) is 15.3. The van der Waals surface area contributed by atoms with Gasteiger partial charge in [0.2, 0.25) is 0 Å². The third-order valence-corrected chi connectivity index (χ3v) is 3.68. The zero-order valence-electron chi connectivity index (χ0n) is 12.4. The molecule has 0 N–H and O–H groups in total. The molecule has 0 bridgehead atoms. The van der Waals surface area contributed by atoms with Gasteiger partial charge in [-0.15, -0.1) is 5.10 Å². The lowest BCUT2D eigenvalue weighted by Gasteiger charge is -2.04. The van der Waals surface area contributed by atoms with E-state index in [1.165, 1.54) is 12.1 Å². The fourth-order valence-electron chi connectivity index (χ4n) is 2.51. The molecule has 0 aliphatic heterocycles. The Balaban J connectivity index is 1.97. The first-order valence-electron chi connectivity index (χ1n) is 7.22. The zero-order chi connectivity index (χ0) is 16.5. The van der Waals surface area contributed by atoms with Crippen molar-refractivity contribution in [3.63, 3.8) is 0 Å². The zero-order valence-corrected chi connectivity index (χ0v) is 12.4. The third kappa shape index (κ3) is 2.29. The molecular formula is C18H10FN5. The molecule has 0 aliphatic carbocycles. The van der Waals surface area contributed by atoms with E-state index in [0.717, 1.165) is 11.3 Å². The molecule has 0 unspecified atom stereocenters. The van der Waals surface area contributed by atoms with Gasteiger partial charge in [-0.25, -0.2) is 13.9 Å². The summed E-state index contributed by atoms with van der Waals surface area (Å²) in [4.78, 5) is 8.47. The number of pyridine rings is 2. The largest absolute Gasteiger partial charge is 0.265 e. The lowest BCUT2D eigenvalue weighted by atomic mass is 10.1. The summed E-state index contributed by atoms with van der Waals surface area (Å²) in [6.45, 7) is 0. The molecule has 0 atom stereocenters. The predicted molar refractivity (Wildman–Crippen MR) is 86.3 cm³/mol. The summed E-state index contributed by atoms with van der Waals surface area (Å²) in [7, 11) is 0. The van der Waals surface area contributed by atoms with Crippen molar-refractivity contribution in [2.75, 3.05) is 0 Å². The van der Waals surface area contributed by atoms with Gasteiger partial charge in [-0.05, 0) is 48.5 Å². The molecule has 1 aromatic carbocycles. The normalized spacial score (nSPS) is 10.7. The maximum absolute atomic E-state index is 13.1. The van der Waals surface area contributed by atoms with Gasteiger partial charge in [0.15, 0.2) is 11.5 Å². The molecule has 0 saturated carbocycles. The summed E-state index contributed by atoms with van der Waals surface area (Å²) in [6.07, 6.45) is 3.38. The van der Waals surface area contributed by atoms with Crippen LogP contribution >= 0.6 is 0 Å². The lowest BCUT2D eigenvalue weighted by Crippen LogP contribution is -1.96. The van der Waals surface area contributed by atoms with Gasteiger partial charge in [0, 0.05) is 23.5 Å². The maximum atomic E-state index is 13.1. The van der Waals surface area contributed by atoms with Gasteiger partial charge in [-0.1, -0.05) is 0 Å². The molecule has 4 aromatic rings. The van der Waals surface area contributed by atoms with Gasteiger partial charge in [-0.2, -0.15) is 5.26 Å². The summed E-state index contributed by atoms with van der Waals surface area (Å²) in [5, 5.41) is 13.8. The first-order chi connectivity index (χ1) is 11.8. The Morgan fingerprint density at radius 1 is 0.917 bits per heavy atom. The van der Waals surface area contributed by atoms with E-state index in [-0.39, 0.29) is 5.82 Å². The van der Waals surface area contributed by atoms with Gasteiger partial charge < -0.3 is 0 Å². The van der Waals surface area contributed by atoms with E-state index >= 15 is 0 Å². The predicted octanol–water partition coefficient (Wildman–Crippen LogP) is 3.47. The highest BCUT2D eigenvalue weighted by Gasteiger charge is 2.14. The highest BCUT2D eigenvalue weighted by atomic mass is 19.1. The van der Waals surface area contributed by atoms with Crippen LogP contribution in [-0.4, -0.2) is 19.6 Å². The van der Waals surface area contributed by atoms with E-state index in [0.29, 0.717) is 22.6 Å². The van der Waals surface area contributed by atoms with E-state index in [2.05, 4.69) is 21.1 Å². The fourth-order valence-corrected chi connectivity index (χ4v) is 2.51. The van der Waals surface area contributed by atoms with E-state index in [1.54, 1.807) is 35.1 Å². The minimum absolute atomic E-state index is 0.322. The topological polar surface area (TPSA) is 66.9 Å². The van der Waals surface area contributed by atoms with Crippen LogP contribution in [0.5, 0.6) is 0 Å². The summed E-state index contributed by atoms with van der Waals surface area (Å²) < 4.78 is 14.7. The van der Waals surface area contributed by atoms with Crippen LogP contribution in [0.25, 0.3) is 28.3 Å². The van der Waals surface area contributed by atoms with Crippen molar-refractivity contribution in [3.8, 4) is 28.7 Å². The molecule has 4 rings (SSSR count). The van der Waals surface area contributed by atoms with Crippen LogP contribution in [-0.2, 0) is 0 Å². The number of fused-ring (bicyclic) bond motifs is 1. The molecule has 5 nitrogen and oxygen atoms in total. The Morgan fingerprint density at radius 2 is 1.67 bits per heavy atom. The smallest absolute Gasteiger partial charge is 0.182 e. The van der Waals surface area contributed by atoms with Gasteiger partial charge in [0.25, 0.3) is 0 Å². The van der Waals surface area contributed by atoms with Crippen molar-refractivity contribution >= 4 is 5.65 Å². The fraction of sp³-hybridized carbons (Fsp3) is 0. The molecule has 3 aromatic heterocycles. The quantitative estimate of drug-likeness (QED) is 0.568. The Hall–Kier alpha value is -3.59. The van der Waals surface area contributed by atoms with Crippen molar-refractivity contribution in [2.24, 2.45) is 0 Å². The standard InChI is InChI=1S/C18H10FN5/c19-15-4-1-13(2-5-15)17-22-18-14(11-20)3-6-16(24(18)23-17)12-7-9-21-10-8-12/h1-10H. The number of aromatic nitrogens is 4. The Labute approximate surface area is 136 Å². The van der Waals surface area contributed by atoms with Crippen LogP contribution in [0.1, 0.15) is 5.56 Å². The molecule has 0 aliphatic rings. The summed E-state index contributed by atoms with van der Waals surface area (Å²) in [5.74, 6) is 0.116. The Bertz CT molecular complexity index is 1060. The second-order valence-electron chi connectivity index (χ2n) is 5.16. The first kappa shape index (κ1) is 14.0. The second kappa shape index (κ2) is 5.56. The molecular weight excluding hydrogens is 305 g/mol. The SMILES string of the molecule is N#Cc1ccc(-c2ccncc2)n2nc(-c3ccc(F)cc3)nc12. The molecule has 0 radical (unpaired) electrons. The van der Waals surface area contributed by atoms with Crippen LogP contribution < -0.4 is 0 Å². The van der Waals surface area contributed by atoms with Gasteiger partial charge in [-0.3, -0.25) is 4.98 Å². The molecule has 0 amide bonds. The van der Waals surface area contributed by atoms with E-state index in [4.69, 9.17) is 0 Å². The van der Waals surface area contributed by atoms with Gasteiger partial charge in [0.05, 0.1) is 11.3 Å². The highest BCUT2D eigenvalue weighted by molar-refractivity contribution is 5.69. The Morgan fingerprint density at radius 3 is 2.38 bits per heavy atom. The monoisotopic (exact) mass is 315 g/mol. The van der Waals surface area contributed by atoms with Crippen LogP contribution in [0.3, 0.4) is 0 Å². The van der Waals surface area contributed by atoms with E-state index in [9.17, 15) is 9.65 Å². The van der Waals surface area contributed by atoms with Gasteiger partial charge in [0.1, 0.15) is 11.9 Å². The van der Waals surface area contributed by atoms with E-state index < -0.39 is 0 Å². The molecule has 6 heteroatoms. The number of hydrogen-bond acceptors (Lipinski definition) is 4. The van der Waals surface area contributed by atoms with Crippen LogP contribution in [0, 0.1) is 17.1 Å². The second-order valence-corrected chi connectivity index (χ2v) is 5.16. The van der Waals surface area contributed by atoms with Gasteiger partial charge >= 0.3 is 0 Å². The van der Waals surface area contributed by atoms with Crippen LogP contribution in [0.2, 0.25) is 0 Å². The lowest BCUT2D eigenvalue weighted by molar-refractivity contribution is 0.628. The molecule has 0 spiro atoms. The molecule has 0 saturated heterocycles. The van der Waals surface area contributed by atoms with Crippen molar-refractivity contribution < 1.29 is 4.39 Å². The number of benzene rings is 1. The van der Waals surface area contributed by atoms with Crippen molar-refractivity contribution in [2.45, 2.75) is 0 Å². The Kier molecular flexibility index (Phi) is 3.25. The van der Waals surface area contributed by atoms with Crippen LogP contribution in [0.15, 0.2) is 60.9 Å². The number of hydrogen-bond donors (Lipinski definition) is 0. The molecule has 0 fully saturated rings. The average Bonchev–Trinajstić information content (AvgIpc) is 3.07. The minimum atomic E-state index is -0.322. The van der Waals surface area contributed by atoms with Crippen molar-refractivity contribution in [3.05, 3.63) is 72.3 Å². The van der Waals surface area contributed by atoms with Crippen LogP contribution in [0.4, 0.5) is 4.39 Å². The third-order valence-electron chi connectivity index (χ3n) is 3.68. The first-order valence-corrected chi connectivity index (χ1v) is 7.22. The number of nitrogens with zero attached hydrogens (tertiary/aromatic N) is 5. The van der Waals surface area contributed by atoms with E-state index in [1.807, 2.05) is 18.2 Å². The molecule has 24 heavy (non-hydrogen) atoms. The van der Waals surface area contributed by atoms with Crippen molar-refractivity contribution in [1.29, 1.82) is 5.26 Å². The van der Waals surface area contributed by atoms with Crippen molar-refractivity contribution in [1.82, 2.24) is 19.6 Å². The molecule has 114 valence electrons. The molecule has 3 heterocycles. The number of nitriles is 1. The number of halogens is 1. The maximum Gasteiger partial charge on any atom is 0.182 e. The number of rotatable bonds is 2. The highest BCUT2D eigenvalue weighted by Crippen LogP contribution is 2.24. The summed E-state index contributed by atoms with van der Waals surface area (Å²) in [5.41, 5.74) is 3.28.